The number of carbonyl (C=O) groups is 1. The molecule has 0 aliphatic carbocycles. The number of hydrogen-bond acceptors (Lipinski definition) is 6. The second-order valence-corrected chi connectivity index (χ2v) is 13.7. The number of carboxylic acids is 1. The van der Waals surface area contributed by atoms with Gasteiger partial charge in [-0.2, -0.15) is 0 Å². The predicted molar refractivity (Wildman–Crippen MR) is 194 cm³/mol. The van der Waals surface area contributed by atoms with E-state index in [0.29, 0.717) is 33.0 Å². The molecule has 1 heterocycles. The molecular formula is C41H39ClO6S. The summed E-state index contributed by atoms with van der Waals surface area (Å²) in [5.74, 6) is -1.09. The highest BCUT2D eigenvalue weighted by molar-refractivity contribution is 8.00. The van der Waals surface area contributed by atoms with Gasteiger partial charge < -0.3 is 24.1 Å². The SMILES string of the molecule is O=C(O)c1cc(C2SC(COCc3ccccc3)[C@@H](OCc3ccccc3)[C@H](OCc3ccccc3)[C@H]2OCc2ccccc2)ccc1Cl. The molecule has 0 amide bonds. The first kappa shape index (κ1) is 34.9. The maximum Gasteiger partial charge on any atom is 0.337 e. The first-order valence-corrected chi connectivity index (χ1v) is 17.6. The van der Waals surface area contributed by atoms with Crippen LogP contribution in [0.3, 0.4) is 0 Å². The molecule has 5 aromatic carbocycles. The van der Waals surface area contributed by atoms with Crippen LogP contribution in [0.1, 0.15) is 43.4 Å². The average molecular weight is 695 g/mol. The molecule has 1 fully saturated rings. The Balaban J connectivity index is 1.38. The van der Waals surface area contributed by atoms with Crippen LogP contribution in [0.2, 0.25) is 5.02 Å². The summed E-state index contributed by atoms with van der Waals surface area (Å²) in [5.41, 5.74) is 5.00. The van der Waals surface area contributed by atoms with Gasteiger partial charge in [0.05, 0.1) is 54.1 Å². The topological polar surface area (TPSA) is 74.2 Å². The molecular weight excluding hydrogens is 656 g/mol. The van der Waals surface area contributed by atoms with Crippen LogP contribution in [0.25, 0.3) is 0 Å². The number of ether oxygens (including phenoxy) is 4. The van der Waals surface area contributed by atoms with E-state index in [0.717, 1.165) is 27.8 Å². The Hall–Kier alpha value is -3.95. The molecule has 5 aromatic rings. The number of halogens is 1. The fraction of sp³-hybridized carbons (Fsp3) is 0.244. The van der Waals surface area contributed by atoms with Crippen LogP contribution in [0.5, 0.6) is 0 Å². The lowest BCUT2D eigenvalue weighted by Crippen LogP contribution is -2.54. The minimum Gasteiger partial charge on any atom is -0.478 e. The number of carboxylic acid groups (broad SMARTS) is 1. The van der Waals surface area contributed by atoms with Crippen molar-refractivity contribution in [1.29, 1.82) is 0 Å². The summed E-state index contributed by atoms with van der Waals surface area (Å²) in [6.07, 6.45) is -1.47. The van der Waals surface area contributed by atoms with Gasteiger partial charge in [-0.3, -0.25) is 0 Å². The van der Waals surface area contributed by atoms with Crippen molar-refractivity contribution in [3.05, 3.63) is 178 Å². The van der Waals surface area contributed by atoms with Gasteiger partial charge in [-0.25, -0.2) is 4.79 Å². The molecule has 8 heteroatoms. The van der Waals surface area contributed by atoms with Crippen molar-refractivity contribution in [1.82, 2.24) is 0 Å². The lowest BCUT2D eigenvalue weighted by molar-refractivity contribution is -0.160. The minimum atomic E-state index is -1.09. The van der Waals surface area contributed by atoms with Crippen molar-refractivity contribution >= 4 is 29.3 Å². The molecule has 0 spiro atoms. The van der Waals surface area contributed by atoms with Gasteiger partial charge in [-0.05, 0) is 39.9 Å². The second kappa shape index (κ2) is 17.6. The Kier molecular flexibility index (Phi) is 12.6. The van der Waals surface area contributed by atoms with Gasteiger partial charge in [0, 0.05) is 0 Å². The van der Waals surface area contributed by atoms with Gasteiger partial charge in [0.25, 0.3) is 0 Å². The summed E-state index contributed by atoms with van der Waals surface area (Å²) < 4.78 is 26.9. The van der Waals surface area contributed by atoms with Crippen LogP contribution in [0, 0.1) is 0 Å². The fourth-order valence-corrected chi connectivity index (χ4v) is 7.77. The van der Waals surface area contributed by atoms with Gasteiger partial charge in [0.1, 0.15) is 18.3 Å². The summed E-state index contributed by atoms with van der Waals surface area (Å²) in [6, 6.07) is 45.4. The molecule has 0 saturated carbocycles. The monoisotopic (exact) mass is 694 g/mol. The summed E-state index contributed by atoms with van der Waals surface area (Å²) in [7, 11) is 0. The maximum atomic E-state index is 12.2. The zero-order valence-electron chi connectivity index (χ0n) is 27.0. The molecule has 252 valence electrons. The quantitative estimate of drug-likeness (QED) is 0.117. The summed E-state index contributed by atoms with van der Waals surface area (Å²) >= 11 is 8.02. The molecule has 5 atom stereocenters. The molecule has 0 aromatic heterocycles. The Morgan fingerprint density at radius 2 is 1.04 bits per heavy atom. The first-order valence-electron chi connectivity index (χ1n) is 16.3. The summed E-state index contributed by atoms with van der Waals surface area (Å²) in [4.78, 5) is 12.2. The molecule has 6 nitrogen and oxygen atoms in total. The zero-order chi connectivity index (χ0) is 33.8. The molecule has 1 N–H and O–H groups in total. The van der Waals surface area contributed by atoms with E-state index in [-0.39, 0.29) is 21.1 Å². The van der Waals surface area contributed by atoms with Gasteiger partial charge in [0.15, 0.2) is 0 Å². The molecule has 0 bridgehead atoms. The Labute approximate surface area is 297 Å². The van der Waals surface area contributed by atoms with E-state index in [1.807, 2.05) is 127 Å². The maximum absolute atomic E-state index is 12.2. The van der Waals surface area contributed by atoms with E-state index in [4.69, 9.17) is 30.5 Å². The van der Waals surface area contributed by atoms with Crippen molar-refractivity contribution in [2.75, 3.05) is 6.61 Å². The average Bonchev–Trinajstić information content (AvgIpc) is 3.14. The van der Waals surface area contributed by atoms with Crippen LogP contribution in [-0.4, -0.2) is 41.2 Å². The van der Waals surface area contributed by atoms with Crippen LogP contribution >= 0.6 is 23.4 Å². The Bertz CT molecular complexity index is 1740. The Morgan fingerprint density at radius 1 is 0.592 bits per heavy atom. The van der Waals surface area contributed by atoms with Crippen LogP contribution in [-0.2, 0) is 45.4 Å². The standard InChI is InChI=1S/C41H39ClO6S/c42-35-22-21-33(23-34(35)41(43)44)40-39(48-27-32-19-11-4-12-20-32)38(47-26-31-17-9-3-10-18-31)37(46-25-30-15-7-2-8-16-30)36(49-40)28-45-24-29-13-5-1-6-14-29/h1-23,36-40H,24-28H2,(H,43,44)/t36?,37-,38+,39-,40?/m1/s1. The largest absolute Gasteiger partial charge is 0.478 e. The van der Waals surface area contributed by atoms with Crippen molar-refractivity contribution in [3.63, 3.8) is 0 Å². The van der Waals surface area contributed by atoms with Gasteiger partial charge in [-0.1, -0.05) is 139 Å². The highest BCUT2D eigenvalue weighted by atomic mass is 35.5. The molecule has 49 heavy (non-hydrogen) atoms. The van der Waals surface area contributed by atoms with Crippen LogP contribution in [0.15, 0.2) is 140 Å². The van der Waals surface area contributed by atoms with E-state index < -0.39 is 24.3 Å². The second-order valence-electron chi connectivity index (χ2n) is 11.9. The number of benzene rings is 5. The number of aromatic carboxylic acids is 1. The summed E-state index contributed by atoms with van der Waals surface area (Å²) in [6.45, 7) is 1.89. The summed E-state index contributed by atoms with van der Waals surface area (Å²) in [5, 5.41) is 9.66. The third-order valence-corrected chi connectivity index (χ3v) is 10.3. The third kappa shape index (κ3) is 9.61. The first-order chi connectivity index (χ1) is 24.0. The van der Waals surface area contributed by atoms with E-state index in [1.165, 1.54) is 0 Å². The van der Waals surface area contributed by atoms with Crippen molar-refractivity contribution in [2.45, 2.75) is 55.2 Å². The third-order valence-electron chi connectivity index (χ3n) is 8.43. The fourth-order valence-electron chi connectivity index (χ4n) is 5.94. The van der Waals surface area contributed by atoms with E-state index in [9.17, 15) is 9.90 Å². The highest BCUT2D eigenvalue weighted by Gasteiger charge is 2.48. The van der Waals surface area contributed by atoms with Crippen molar-refractivity contribution in [2.24, 2.45) is 0 Å². The number of hydrogen-bond donors (Lipinski definition) is 1. The molecule has 1 saturated heterocycles. The molecule has 0 radical (unpaired) electrons. The van der Waals surface area contributed by atoms with Crippen LogP contribution < -0.4 is 0 Å². The molecule has 1 aliphatic rings. The Morgan fingerprint density at radius 3 is 1.53 bits per heavy atom. The lowest BCUT2D eigenvalue weighted by atomic mass is 9.95. The van der Waals surface area contributed by atoms with Crippen LogP contribution in [0.4, 0.5) is 0 Å². The smallest absolute Gasteiger partial charge is 0.337 e. The normalized spacial score (nSPS) is 20.6. The lowest BCUT2D eigenvalue weighted by Gasteiger charge is -2.46. The van der Waals surface area contributed by atoms with Gasteiger partial charge in [-0.15, -0.1) is 11.8 Å². The molecule has 6 rings (SSSR count). The van der Waals surface area contributed by atoms with Crippen molar-refractivity contribution < 1.29 is 28.8 Å². The molecule has 2 unspecified atom stereocenters. The van der Waals surface area contributed by atoms with E-state index >= 15 is 0 Å². The molecule has 1 aliphatic heterocycles. The van der Waals surface area contributed by atoms with Gasteiger partial charge >= 0.3 is 5.97 Å². The van der Waals surface area contributed by atoms with Gasteiger partial charge in [0.2, 0.25) is 0 Å². The van der Waals surface area contributed by atoms with E-state index in [2.05, 4.69) is 0 Å². The number of thioether (sulfide) groups is 1. The number of rotatable bonds is 15. The van der Waals surface area contributed by atoms with E-state index in [1.54, 1.807) is 23.9 Å². The van der Waals surface area contributed by atoms with Crippen molar-refractivity contribution in [3.8, 4) is 0 Å². The minimum absolute atomic E-state index is 0.0441. The predicted octanol–water partition coefficient (Wildman–Crippen LogP) is 9.17. The zero-order valence-corrected chi connectivity index (χ0v) is 28.5. The highest BCUT2D eigenvalue weighted by Crippen LogP contribution is 2.48.